The maximum atomic E-state index is 13.1. The van der Waals surface area contributed by atoms with Crippen molar-refractivity contribution in [1.29, 1.82) is 0 Å². The number of hydrogen-bond donors (Lipinski definition) is 2. The van der Waals surface area contributed by atoms with E-state index in [9.17, 15) is 8.42 Å². The summed E-state index contributed by atoms with van der Waals surface area (Å²) in [5.74, 6) is -0.119. The van der Waals surface area contributed by atoms with E-state index in [1.54, 1.807) is 14.0 Å². The van der Waals surface area contributed by atoms with Crippen molar-refractivity contribution in [3.8, 4) is 0 Å². The standard InChI is InChI=1S/C17H22ClN7O2S/c1-9-6-7-13(18)15(10(9)2)11(3)16(17-19-23-24-20-17)22-28(26,27)14-8-25(5)21-12(14)4/h6-8,11,16,22H,1-5H3,(H,19,20,23,24). The van der Waals surface area contributed by atoms with Crippen molar-refractivity contribution >= 4 is 21.6 Å². The van der Waals surface area contributed by atoms with Gasteiger partial charge in [-0.1, -0.05) is 29.8 Å². The van der Waals surface area contributed by atoms with Gasteiger partial charge in [0.1, 0.15) is 4.90 Å². The summed E-state index contributed by atoms with van der Waals surface area (Å²) in [5.41, 5.74) is 3.29. The molecule has 3 rings (SSSR count). The SMILES string of the molecule is Cc1ccc(Cl)c(C(C)C(NS(=O)(=O)c2cn(C)nc2C)c2nn[nH]n2)c1C. The van der Waals surface area contributed by atoms with E-state index in [2.05, 4.69) is 30.4 Å². The zero-order valence-corrected chi connectivity index (χ0v) is 17.8. The van der Waals surface area contributed by atoms with E-state index in [4.69, 9.17) is 11.6 Å². The smallest absolute Gasteiger partial charge is 0.244 e. The van der Waals surface area contributed by atoms with E-state index in [-0.39, 0.29) is 16.6 Å². The van der Waals surface area contributed by atoms with Gasteiger partial charge in [-0.05, 0) is 43.5 Å². The Labute approximate surface area is 168 Å². The number of nitrogens with zero attached hydrogens (tertiary/aromatic N) is 5. The molecular formula is C17H22ClN7O2S. The number of halogens is 1. The molecule has 0 aliphatic rings. The third-order valence-corrected chi connectivity index (χ3v) is 6.74. The molecule has 0 aliphatic heterocycles. The molecule has 2 unspecified atom stereocenters. The first-order valence-electron chi connectivity index (χ1n) is 8.63. The lowest BCUT2D eigenvalue weighted by Crippen LogP contribution is -2.33. The Kier molecular flexibility index (Phi) is 5.55. The molecule has 2 heterocycles. The number of rotatable bonds is 6. The molecule has 3 aromatic rings. The van der Waals surface area contributed by atoms with Crippen LogP contribution in [0.4, 0.5) is 0 Å². The summed E-state index contributed by atoms with van der Waals surface area (Å²) in [7, 11) is -2.21. The van der Waals surface area contributed by atoms with Crippen LogP contribution in [0.3, 0.4) is 0 Å². The van der Waals surface area contributed by atoms with Gasteiger partial charge in [-0.25, -0.2) is 8.42 Å². The van der Waals surface area contributed by atoms with Gasteiger partial charge in [0, 0.05) is 24.2 Å². The van der Waals surface area contributed by atoms with Crippen LogP contribution in [0.25, 0.3) is 0 Å². The van der Waals surface area contributed by atoms with E-state index in [0.29, 0.717) is 10.7 Å². The first kappa shape index (κ1) is 20.4. The second-order valence-electron chi connectivity index (χ2n) is 6.81. The van der Waals surface area contributed by atoms with Crippen LogP contribution in [0.1, 0.15) is 47.1 Å². The molecule has 0 bridgehead atoms. The highest BCUT2D eigenvalue weighted by Gasteiger charge is 2.33. The number of H-pyrrole nitrogens is 1. The Morgan fingerprint density at radius 1 is 1.25 bits per heavy atom. The van der Waals surface area contributed by atoms with Gasteiger partial charge in [-0.15, -0.1) is 10.2 Å². The summed E-state index contributed by atoms with van der Waals surface area (Å²) < 4.78 is 30.3. The quantitative estimate of drug-likeness (QED) is 0.628. The van der Waals surface area contributed by atoms with Crippen LogP contribution >= 0.6 is 11.6 Å². The van der Waals surface area contributed by atoms with Gasteiger partial charge in [0.2, 0.25) is 10.0 Å². The molecule has 0 aliphatic carbocycles. The molecule has 28 heavy (non-hydrogen) atoms. The van der Waals surface area contributed by atoms with Gasteiger partial charge < -0.3 is 0 Å². The molecular weight excluding hydrogens is 402 g/mol. The van der Waals surface area contributed by atoms with E-state index in [0.717, 1.165) is 16.7 Å². The highest BCUT2D eigenvalue weighted by molar-refractivity contribution is 7.89. The number of benzene rings is 1. The molecule has 0 fully saturated rings. The van der Waals surface area contributed by atoms with Crippen LogP contribution < -0.4 is 4.72 Å². The minimum absolute atomic E-state index is 0.0998. The number of hydrogen-bond acceptors (Lipinski definition) is 6. The third-order valence-electron chi connectivity index (χ3n) is 4.87. The van der Waals surface area contributed by atoms with Gasteiger partial charge in [0.25, 0.3) is 0 Å². The molecule has 11 heteroatoms. The fourth-order valence-electron chi connectivity index (χ4n) is 3.28. The van der Waals surface area contributed by atoms with Crippen molar-refractivity contribution in [3.63, 3.8) is 0 Å². The zero-order chi connectivity index (χ0) is 20.6. The molecule has 150 valence electrons. The van der Waals surface area contributed by atoms with Crippen molar-refractivity contribution in [1.82, 2.24) is 35.1 Å². The van der Waals surface area contributed by atoms with Gasteiger partial charge in [0.05, 0.1) is 11.7 Å². The molecule has 2 N–H and O–H groups in total. The molecule has 0 spiro atoms. The third kappa shape index (κ3) is 3.80. The lowest BCUT2D eigenvalue weighted by Gasteiger charge is -2.25. The minimum Gasteiger partial charge on any atom is -0.274 e. The van der Waals surface area contributed by atoms with Crippen molar-refractivity contribution in [3.05, 3.63) is 51.6 Å². The molecule has 2 atom stereocenters. The van der Waals surface area contributed by atoms with E-state index >= 15 is 0 Å². The minimum atomic E-state index is -3.88. The van der Waals surface area contributed by atoms with Crippen molar-refractivity contribution < 1.29 is 8.42 Å². The Morgan fingerprint density at radius 2 is 1.96 bits per heavy atom. The Balaban J connectivity index is 2.07. The van der Waals surface area contributed by atoms with Crippen molar-refractivity contribution in [2.45, 2.75) is 44.6 Å². The Bertz CT molecular complexity index is 1090. The maximum absolute atomic E-state index is 13.1. The van der Waals surface area contributed by atoms with Crippen LogP contribution in [-0.2, 0) is 17.1 Å². The number of aryl methyl sites for hydroxylation is 3. The fraction of sp³-hybridized carbons (Fsp3) is 0.412. The van der Waals surface area contributed by atoms with Gasteiger partial charge in [0.15, 0.2) is 5.82 Å². The molecule has 1 aromatic carbocycles. The van der Waals surface area contributed by atoms with E-state index in [1.165, 1.54) is 10.9 Å². The fourth-order valence-corrected chi connectivity index (χ4v) is 5.15. The van der Waals surface area contributed by atoms with E-state index < -0.39 is 16.1 Å². The summed E-state index contributed by atoms with van der Waals surface area (Å²) in [6.07, 6.45) is 1.46. The summed E-state index contributed by atoms with van der Waals surface area (Å²) in [5, 5.41) is 18.7. The topological polar surface area (TPSA) is 118 Å². The Morgan fingerprint density at radius 3 is 2.54 bits per heavy atom. The normalized spacial score (nSPS) is 14.2. The maximum Gasteiger partial charge on any atom is 0.244 e. The summed E-state index contributed by atoms with van der Waals surface area (Å²) >= 11 is 6.46. The zero-order valence-electron chi connectivity index (χ0n) is 16.2. The number of tetrazole rings is 1. The predicted molar refractivity (Wildman–Crippen MR) is 105 cm³/mol. The summed E-state index contributed by atoms with van der Waals surface area (Å²) in [4.78, 5) is 0.0998. The lowest BCUT2D eigenvalue weighted by molar-refractivity contribution is 0.496. The van der Waals surface area contributed by atoms with Crippen molar-refractivity contribution in [2.24, 2.45) is 7.05 Å². The van der Waals surface area contributed by atoms with Crippen LogP contribution in [0, 0.1) is 20.8 Å². The van der Waals surface area contributed by atoms with Crippen molar-refractivity contribution in [2.75, 3.05) is 0 Å². The van der Waals surface area contributed by atoms with Gasteiger partial charge in [-0.3, -0.25) is 4.68 Å². The largest absolute Gasteiger partial charge is 0.274 e. The van der Waals surface area contributed by atoms with Gasteiger partial charge >= 0.3 is 0 Å². The van der Waals surface area contributed by atoms with Crippen LogP contribution in [-0.4, -0.2) is 38.8 Å². The summed E-state index contributed by atoms with van der Waals surface area (Å²) in [6.45, 7) is 7.46. The number of aromatic nitrogens is 6. The summed E-state index contributed by atoms with van der Waals surface area (Å²) in [6, 6.07) is 2.96. The average Bonchev–Trinajstić information content (AvgIpc) is 3.26. The molecule has 0 saturated heterocycles. The highest BCUT2D eigenvalue weighted by Crippen LogP contribution is 2.37. The Hall–Kier alpha value is -2.30. The van der Waals surface area contributed by atoms with Crippen LogP contribution in [0.2, 0.25) is 5.02 Å². The highest BCUT2D eigenvalue weighted by atomic mass is 35.5. The first-order valence-corrected chi connectivity index (χ1v) is 10.5. The lowest BCUT2D eigenvalue weighted by atomic mass is 9.88. The molecule has 9 nitrogen and oxygen atoms in total. The number of nitrogens with one attached hydrogen (secondary N) is 2. The average molecular weight is 424 g/mol. The van der Waals surface area contributed by atoms with E-state index in [1.807, 2.05) is 32.9 Å². The predicted octanol–water partition coefficient (Wildman–Crippen LogP) is 2.34. The molecule has 0 radical (unpaired) electrons. The van der Waals surface area contributed by atoms with Crippen LogP contribution in [0.5, 0.6) is 0 Å². The second kappa shape index (κ2) is 7.61. The first-order chi connectivity index (χ1) is 13.1. The molecule has 0 amide bonds. The number of sulfonamides is 1. The monoisotopic (exact) mass is 423 g/mol. The van der Waals surface area contributed by atoms with Crippen LogP contribution in [0.15, 0.2) is 23.2 Å². The second-order valence-corrected chi connectivity index (χ2v) is 8.90. The van der Waals surface area contributed by atoms with Gasteiger partial charge in [-0.2, -0.15) is 15.0 Å². The molecule has 0 saturated carbocycles. The number of aromatic amines is 1. The molecule has 2 aromatic heterocycles.